The largest absolute Gasteiger partial charge is 0.481 e. The van der Waals surface area contributed by atoms with Crippen molar-refractivity contribution in [2.24, 2.45) is 7.05 Å². The van der Waals surface area contributed by atoms with E-state index < -0.39 is 42.7 Å². The number of imidazole rings is 1. The minimum absolute atomic E-state index is 0.0855. The molecule has 1 aromatic heterocycles. The van der Waals surface area contributed by atoms with E-state index in [0.717, 1.165) is 6.92 Å². The highest BCUT2D eigenvalue weighted by Gasteiger charge is 2.24. The maximum Gasteiger partial charge on any atom is 0.305 e. The number of aromatic nitrogens is 2. The molecule has 0 aliphatic carbocycles. The highest BCUT2D eigenvalue weighted by atomic mass is 16.5. The molecule has 1 aromatic rings. The quantitative estimate of drug-likeness (QED) is 0.593. The van der Waals surface area contributed by atoms with Crippen LogP contribution in [0.25, 0.3) is 0 Å². The van der Waals surface area contributed by atoms with Gasteiger partial charge in [-0.1, -0.05) is 0 Å². The van der Waals surface area contributed by atoms with E-state index in [4.69, 9.17) is 5.11 Å². The van der Waals surface area contributed by atoms with Crippen LogP contribution < -0.4 is 5.32 Å². The van der Waals surface area contributed by atoms with E-state index in [1.165, 1.54) is 6.33 Å². The summed E-state index contributed by atoms with van der Waals surface area (Å²) in [5.41, 5.74) is 0.488. The summed E-state index contributed by atoms with van der Waals surface area (Å²) < 4.78 is 6.18. The Kier molecular flexibility index (Phi) is 6.24. The molecular formula is C13H17N3O6. The average molecular weight is 311 g/mol. The molecular weight excluding hydrogens is 294 g/mol. The molecule has 0 saturated heterocycles. The molecule has 1 amide bonds. The summed E-state index contributed by atoms with van der Waals surface area (Å²) in [5, 5.41) is 11.1. The van der Waals surface area contributed by atoms with E-state index in [2.05, 4.69) is 15.0 Å². The fourth-order valence-corrected chi connectivity index (χ4v) is 1.66. The first-order valence-electron chi connectivity index (χ1n) is 6.42. The van der Waals surface area contributed by atoms with Crippen molar-refractivity contribution in [2.75, 3.05) is 6.61 Å². The molecule has 1 atom stereocenters. The molecule has 0 radical (unpaired) electrons. The van der Waals surface area contributed by atoms with E-state index in [1.807, 2.05) is 0 Å². The van der Waals surface area contributed by atoms with Crippen molar-refractivity contribution in [2.45, 2.75) is 25.8 Å². The SMILES string of the molecule is CC(=O)OCC(=O)C(CC(=O)O)NC(=O)Cc1cn(C)cn1. The standard InChI is InChI=1S/C13H17N3O6/c1-8(17)22-6-11(18)10(4-13(20)21)15-12(19)3-9-5-16(2)7-14-9/h5,7,10H,3-4,6H2,1-2H3,(H,15,19)(H,20,21). The van der Waals surface area contributed by atoms with Crippen LogP contribution in [0.5, 0.6) is 0 Å². The lowest BCUT2D eigenvalue weighted by molar-refractivity contribution is -0.147. The minimum Gasteiger partial charge on any atom is -0.481 e. The lowest BCUT2D eigenvalue weighted by Crippen LogP contribution is -2.44. The molecule has 1 heterocycles. The van der Waals surface area contributed by atoms with Crippen LogP contribution in [0.2, 0.25) is 0 Å². The van der Waals surface area contributed by atoms with Crippen molar-refractivity contribution >= 4 is 23.6 Å². The van der Waals surface area contributed by atoms with Crippen molar-refractivity contribution in [3.63, 3.8) is 0 Å². The molecule has 1 rings (SSSR count). The number of aryl methyl sites for hydroxylation is 1. The minimum atomic E-state index is -1.26. The zero-order valence-electron chi connectivity index (χ0n) is 12.2. The number of rotatable bonds is 8. The molecule has 9 nitrogen and oxygen atoms in total. The highest BCUT2D eigenvalue weighted by molar-refractivity contribution is 5.93. The van der Waals surface area contributed by atoms with Crippen LogP contribution in [0.15, 0.2) is 12.5 Å². The molecule has 9 heteroatoms. The van der Waals surface area contributed by atoms with Gasteiger partial charge in [-0.3, -0.25) is 19.2 Å². The van der Waals surface area contributed by atoms with Gasteiger partial charge in [-0.2, -0.15) is 0 Å². The summed E-state index contributed by atoms with van der Waals surface area (Å²) in [5.74, 6) is -3.14. The van der Waals surface area contributed by atoms with Crippen LogP contribution in [-0.4, -0.2) is 50.9 Å². The van der Waals surface area contributed by atoms with Crippen molar-refractivity contribution in [1.82, 2.24) is 14.9 Å². The number of hydrogen-bond acceptors (Lipinski definition) is 6. The summed E-state index contributed by atoms with van der Waals surface area (Å²) in [6.45, 7) is 0.538. The van der Waals surface area contributed by atoms with Crippen LogP contribution in [-0.2, 0) is 37.4 Å². The van der Waals surface area contributed by atoms with Gasteiger partial charge in [0.25, 0.3) is 0 Å². The number of hydrogen-bond donors (Lipinski definition) is 2. The predicted octanol–water partition coefficient (Wildman–Crippen LogP) is -0.946. The van der Waals surface area contributed by atoms with Gasteiger partial charge in [-0.15, -0.1) is 0 Å². The van der Waals surface area contributed by atoms with Crippen molar-refractivity contribution in [3.05, 3.63) is 18.2 Å². The Bertz CT molecular complexity index is 580. The number of carbonyl (C=O) groups is 4. The molecule has 0 aliphatic rings. The zero-order chi connectivity index (χ0) is 16.7. The number of esters is 1. The number of amides is 1. The van der Waals surface area contributed by atoms with E-state index in [9.17, 15) is 19.2 Å². The van der Waals surface area contributed by atoms with Gasteiger partial charge in [0.05, 0.1) is 24.9 Å². The number of ketones is 1. The molecule has 0 fully saturated rings. The predicted molar refractivity (Wildman–Crippen MR) is 72.7 cm³/mol. The number of Topliss-reactive ketones (excluding diaryl/α,β-unsaturated/α-hetero) is 1. The van der Waals surface area contributed by atoms with Crippen LogP contribution >= 0.6 is 0 Å². The monoisotopic (exact) mass is 311 g/mol. The summed E-state index contributed by atoms with van der Waals surface area (Å²) in [4.78, 5) is 49.0. The highest BCUT2D eigenvalue weighted by Crippen LogP contribution is 2.00. The zero-order valence-corrected chi connectivity index (χ0v) is 12.2. The van der Waals surface area contributed by atoms with E-state index in [-0.39, 0.29) is 6.42 Å². The van der Waals surface area contributed by atoms with E-state index in [0.29, 0.717) is 5.69 Å². The van der Waals surface area contributed by atoms with Gasteiger partial charge in [0.15, 0.2) is 12.4 Å². The van der Waals surface area contributed by atoms with Gasteiger partial charge in [-0.25, -0.2) is 4.98 Å². The Morgan fingerprint density at radius 1 is 1.41 bits per heavy atom. The van der Waals surface area contributed by atoms with Crippen molar-refractivity contribution < 1.29 is 29.0 Å². The molecule has 0 aliphatic heterocycles. The van der Waals surface area contributed by atoms with Crippen molar-refractivity contribution in [1.29, 1.82) is 0 Å². The molecule has 22 heavy (non-hydrogen) atoms. The van der Waals surface area contributed by atoms with Gasteiger partial charge in [-0.05, 0) is 0 Å². The summed E-state index contributed by atoms with van der Waals surface area (Å²) >= 11 is 0. The first kappa shape index (κ1) is 17.3. The van der Waals surface area contributed by atoms with Crippen molar-refractivity contribution in [3.8, 4) is 0 Å². The molecule has 0 aromatic carbocycles. The van der Waals surface area contributed by atoms with Gasteiger partial charge < -0.3 is 19.7 Å². The Hall–Kier alpha value is -2.71. The fraction of sp³-hybridized carbons (Fsp3) is 0.462. The number of aliphatic carboxylic acids is 1. The first-order valence-corrected chi connectivity index (χ1v) is 6.42. The number of nitrogens with one attached hydrogen (secondary N) is 1. The second-order valence-electron chi connectivity index (χ2n) is 4.67. The number of carbonyl (C=O) groups excluding carboxylic acids is 3. The van der Waals surface area contributed by atoms with Gasteiger partial charge in [0, 0.05) is 20.2 Å². The maximum atomic E-state index is 11.8. The smallest absolute Gasteiger partial charge is 0.305 e. The summed E-state index contributed by atoms with van der Waals surface area (Å²) in [6.07, 6.45) is 2.47. The third-order valence-corrected chi connectivity index (χ3v) is 2.62. The van der Waals surface area contributed by atoms with Crippen LogP contribution in [0.1, 0.15) is 19.0 Å². The Labute approximate surface area is 126 Å². The van der Waals surface area contributed by atoms with Gasteiger partial charge in [0.2, 0.25) is 5.91 Å². The summed E-state index contributed by atoms with van der Waals surface area (Å²) in [7, 11) is 1.74. The molecule has 2 N–H and O–H groups in total. The number of ether oxygens (including phenoxy) is 1. The Morgan fingerprint density at radius 2 is 2.09 bits per heavy atom. The van der Waals surface area contributed by atoms with Crippen LogP contribution in [0.3, 0.4) is 0 Å². The topological polar surface area (TPSA) is 128 Å². The second kappa shape index (κ2) is 7.91. The van der Waals surface area contributed by atoms with Gasteiger partial charge >= 0.3 is 11.9 Å². The Balaban J connectivity index is 2.62. The Morgan fingerprint density at radius 3 is 2.59 bits per heavy atom. The molecule has 0 spiro atoms. The lowest BCUT2D eigenvalue weighted by atomic mass is 10.1. The normalized spacial score (nSPS) is 11.5. The van der Waals surface area contributed by atoms with Crippen LogP contribution in [0.4, 0.5) is 0 Å². The average Bonchev–Trinajstić information content (AvgIpc) is 2.79. The molecule has 0 saturated carbocycles. The number of carboxylic acids is 1. The number of nitrogens with zero attached hydrogens (tertiary/aromatic N) is 2. The third kappa shape index (κ3) is 6.16. The first-order chi connectivity index (χ1) is 10.3. The number of carboxylic acid groups (broad SMARTS) is 1. The van der Waals surface area contributed by atoms with Gasteiger partial charge in [0.1, 0.15) is 6.04 Å². The molecule has 0 bridgehead atoms. The fourth-order valence-electron chi connectivity index (χ4n) is 1.66. The third-order valence-electron chi connectivity index (χ3n) is 2.62. The van der Waals surface area contributed by atoms with E-state index in [1.54, 1.807) is 17.8 Å². The lowest BCUT2D eigenvalue weighted by Gasteiger charge is -2.15. The van der Waals surface area contributed by atoms with E-state index >= 15 is 0 Å². The molecule has 1 unspecified atom stereocenters. The second-order valence-corrected chi connectivity index (χ2v) is 4.67. The molecule has 120 valence electrons. The summed E-state index contributed by atoms with van der Waals surface area (Å²) in [6, 6.07) is -1.26. The maximum absolute atomic E-state index is 11.8. The van der Waals surface area contributed by atoms with Crippen LogP contribution in [0, 0.1) is 0 Å².